The van der Waals surface area contributed by atoms with E-state index in [4.69, 9.17) is 4.42 Å². The van der Waals surface area contributed by atoms with Crippen molar-refractivity contribution in [1.82, 2.24) is 10.2 Å². The van der Waals surface area contributed by atoms with Crippen LogP contribution in [0.1, 0.15) is 11.1 Å². The molecule has 4 nitrogen and oxygen atoms in total. The van der Waals surface area contributed by atoms with Crippen molar-refractivity contribution < 1.29 is 4.42 Å². The van der Waals surface area contributed by atoms with Gasteiger partial charge in [0.15, 0.2) is 0 Å². The third kappa shape index (κ3) is 2.81. The Morgan fingerprint density at radius 2 is 1.37 bits per heavy atom. The number of rotatable bonds is 3. The maximum absolute atomic E-state index is 6.08. The summed E-state index contributed by atoms with van der Waals surface area (Å²) in [7, 11) is 0. The van der Waals surface area contributed by atoms with Gasteiger partial charge in [0, 0.05) is 5.56 Å². The average molecular weight is 351 g/mol. The molecule has 3 aromatic carbocycles. The quantitative estimate of drug-likeness (QED) is 0.491. The Morgan fingerprint density at radius 3 is 2.15 bits per heavy atom. The summed E-state index contributed by atoms with van der Waals surface area (Å²) in [5.41, 5.74) is 5.38. The molecule has 4 heteroatoms. The van der Waals surface area contributed by atoms with Crippen molar-refractivity contribution in [3.8, 4) is 11.5 Å². The van der Waals surface area contributed by atoms with Gasteiger partial charge >= 0.3 is 6.01 Å². The van der Waals surface area contributed by atoms with E-state index in [1.807, 2.05) is 59.5 Å². The highest BCUT2D eigenvalue weighted by Crippen LogP contribution is 2.40. The number of benzene rings is 3. The van der Waals surface area contributed by atoms with E-state index in [0.29, 0.717) is 11.9 Å². The smallest absolute Gasteiger partial charge is 0.327 e. The minimum atomic E-state index is 0.469. The summed E-state index contributed by atoms with van der Waals surface area (Å²) in [5.74, 6) is 0.515. The molecule has 1 aliphatic rings. The van der Waals surface area contributed by atoms with Gasteiger partial charge in [-0.15, -0.1) is 5.10 Å². The second-order valence-electron chi connectivity index (χ2n) is 6.38. The van der Waals surface area contributed by atoms with E-state index < -0.39 is 0 Å². The third-order valence-electron chi connectivity index (χ3n) is 4.68. The highest BCUT2D eigenvalue weighted by Gasteiger charge is 2.26. The van der Waals surface area contributed by atoms with Crippen molar-refractivity contribution in [2.75, 3.05) is 4.90 Å². The molecular weight excluding hydrogens is 334 g/mol. The Hall–Kier alpha value is -3.66. The van der Waals surface area contributed by atoms with Gasteiger partial charge in [-0.2, -0.15) is 0 Å². The summed E-state index contributed by atoms with van der Waals surface area (Å²) in [6, 6.07) is 28.9. The summed E-state index contributed by atoms with van der Waals surface area (Å²) >= 11 is 0. The molecule has 0 saturated carbocycles. The SMILES string of the molecule is C1=C(c2ccccc2)N(c2nnc(-c3ccccc3)o2)c2ccccc2C1. The maximum atomic E-state index is 6.08. The van der Waals surface area contributed by atoms with Gasteiger partial charge in [0.1, 0.15) is 0 Å². The predicted octanol–water partition coefficient (Wildman–Crippen LogP) is 5.47. The molecule has 4 aromatic rings. The molecule has 0 N–H and O–H groups in total. The van der Waals surface area contributed by atoms with Crippen molar-refractivity contribution in [1.29, 1.82) is 0 Å². The van der Waals surface area contributed by atoms with Gasteiger partial charge < -0.3 is 4.42 Å². The van der Waals surface area contributed by atoms with Crippen molar-refractivity contribution >= 4 is 17.4 Å². The predicted molar refractivity (Wildman–Crippen MR) is 106 cm³/mol. The molecule has 0 saturated heterocycles. The Balaban J connectivity index is 1.63. The van der Waals surface area contributed by atoms with Gasteiger partial charge in [-0.1, -0.05) is 77.9 Å². The van der Waals surface area contributed by atoms with Crippen molar-refractivity contribution in [2.45, 2.75) is 6.42 Å². The van der Waals surface area contributed by atoms with E-state index in [1.54, 1.807) is 0 Å². The molecule has 0 bridgehead atoms. The Labute approximate surface area is 157 Å². The monoisotopic (exact) mass is 351 g/mol. The first-order valence-corrected chi connectivity index (χ1v) is 8.93. The second kappa shape index (κ2) is 6.57. The summed E-state index contributed by atoms with van der Waals surface area (Å²) in [4.78, 5) is 2.05. The molecule has 0 atom stereocenters. The molecule has 1 aromatic heterocycles. The molecule has 0 spiro atoms. The lowest BCUT2D eigenvalue weighted by molar-refractivity contribution is 0.575. The zero-order valence-electron chi connectivity index (χ0n) is 14.6. The topological polar surface area (TPSA) is 42.2 Å². The average Bonchev–Trinajstić information content (AvgIpc) is 3.24. The summed E-state index contributed by atoms with van der Waals surface area (Å²) in [5, 5.41) is 8.64. The normalized spacial score (nSPS) is 13.2. The zero-order chi connectivity index (χ0) is 18.1. The van der Waals surface area contributed by atoms with E-state index in [-0.39, 0.29) is 0 Å². The molecule has 5 rings (SSSR count). The fraction of sp³-hybridized carbons (Fsp3) is 0.0435. The minimum Gasteiger partial charge on any atom is -0.403 e. The van der Waals surface area contributed by atoms with Crippen LogP contribution in [0.25, 0.3) is 17.2 Å². The summed E-state index contributed by atoms with van der Waals surface area (Å²) < 4.78 is 6.08. The number of nitrogens with zero attached hydrogens (tertiary/aromatic N) is 3. The minimum absolute atomic E-state index is 0.469. The molecule has 0 unspecified atom stereocenters. The number of hydrogen-bond acceptors (Lipinski definition) is 4. The van der Waals surface area contributed by atoms with Crippen LogP contribution in [0.4, 0.5) is 11.7 Å². The van der Waals surface area contributed by atoms with Crippen LogP contribution in [-0.4, -0.2) is 10.2 Å². The molecule has 0 aliphatic carbocycles. The van der Waals surface area contributed by atoms with Crippen molar-refractivity contribution in [3.63, 3.8) is 0 Å². The van der Waals surface area contributed by atoms with E-state index >= 15 is 0 Å². The second-order valence-corrected chi connectivity index (χ2v) is 6.38. The van der Waals surface area contributed by atoms with Crippen molar-refractivity contribution in [3.05, 3.63) is 102 Å². The molecule has 0 radical (unpaired) electrons. The molecule has 2 heterocycles. The lowest BCUT2D eigenvalue weighted by Gasteiger charge is -2.29. The lowest BCUT2D eigenvalue weighted by Crippen LogP contribution is -2.20. The first-order chi connectivity index (χ1) is 13.4. The molecule has 0 amide bonds. The van der Waals surface area contributed by atoms with Crippen LogP contribution < -0.4 is 4.90 Å². The number of allylic oxidation sites excluding steroid dienone is 1. The molecule has 0 fully saturated rings. The molecule has 130 valence electrons. The van der Waals surface area contributed by atoms with Crippen molar-refractivity contribution in [2.24, 2.45) is 0 Å². The Morgan fingerprint density at radius 1 is 0.704 bits per heavy atom. The highest BCUT2D eigenvalue weighted by molar-refractivity contribution is 5.88. The van der Waals surface area contributed by atoms with Crippen LogP contribution in [-0.2, 0) is 6.42 Å². The van der Waals surface area contributed by atoms with Gasteiger partial charge in [-0.05, 0) is 35.7 Å². The first kappa shape index (κ1) is 15.6. The third-order valence-corrected chi connectivity index (χ3v) is 4.68. The van der Waals surface area contributed by atoms with Crippen LogP contribution in [0.15, 0.2) is 95.4 Å². The van der Waals surface area contributed by atoms with Gasteiger partial charge in [0.2, 0.25) is 5.89 Å². The van der Waals surface area contributed by atoms with E-state index in [0.717, 1.165) is 28.9 Å². The standard InChI is InChI=1S/C23H17N3O/c1-3-9-17(10-4-1)21-16-15-18-11-7-8-14-20(18)26(21)23-25-24-22(27-23)19-12-5-2-6-13-19/h1-14,16H,15H2. The summed E-state index contributed by atoms with van der Waals surface area (Å²) in [6.45, 7) is 0. The number of anilines is 2. The number of fused-ring (bicyclic) bond motifs is 1. The number of hydrogen-bond donors (Lipinski definition) is 0. The fourth-order valence-corrected chi connectivity index (χ4v) is 3.39. The molecular formula is C23H17N3O. The van der Waals surface area contributed by atoms with Crippen LogP contribution in [0.3, 0.4) is 0 Å². The van der Waals surface area contributed by atoms with E-state index in [1.165, 1.54) is 5.56 Å². The zero-order valence-corrected chi connectivity index (χ0v) is 14.6. The number of aromatic nitrogens is 2. The fourth-order valence-electron chi connectivity index (χ4n) is 3.39. The lowest BCUT2D eigenvalue weighted by atomic mass is 9.99. The van der Waals surface area contributed by atoms with Gasteiger partial charge in [-0.3, -0.25) is 4.90 Å². The van der Waals surface area contributed by atoms with Gasteiger partial charge in [0.05, 0.1) is 11.4 Å². The first-order valence-electron chi connectivity index (χ1n) is 8.93. The molecule has 1 aliphatic heterocycles. The number of para-hydroxylation sites is 1. The Kier molecular flexibility index (Phi) is 3.79. The van der Waals surface area contributed by atoms with Crippen LogP contribution in [0.5, 0.6) is 0 Å². The molecule has 27 heavy (non-hydrogen) atoms. The maximum Gasteiger partial charge on any atom is 0.327 e. The van der Waals surface area contributed by atoms with E-state index in [9.17, 15) is 0 Å². The van der Waals surface area contributed by atoms with E-state index in [2.05, 4.69) is 46.6 Å². The van der Waals surface area contributed by atoms with Crippen LogP contribution >= 0.6 is 0 Å². The van der Waals surface area contributed by atoms with Crippen LogP contribution in [0.2, 0.25) is 0 Å². The summed E-state index contributed by atoms with van der Waals surface area (Å²) in [6.07, 6.45) is 3.08. The van der Waals surface area contributed by atoms with Crippen LogP contribution in [0, 0.1) is 0 Å². The van der Waals surface area contributed by atoms with Gasteiger partial charge in [0.25, 0.3) is 0 Å². The largest absolute Gasteiger partial charge is 0.403 e. The Bertz CT molecular complexity index is 1100. The highest BCUT2D eigenvalue weighted by atomic mass is 16.4. The van der Waals surface area contributed by atoms with Gasteiger partial charge in [-0.25, -0.2) is 0 Å².